The number of benzene rings is 2. The third-order valence-electron chi connectivity index (χ3n) is 3.90. The molecule has 2 nitrogen and oxygen atoms in total. The number of nitrogens with zero attached hydrogens (tertiary/aromatic N) is 2. The number of aryl methyl sites for hydroxylation is 3. The summed E-state index contributed by atoms with van der Waals surface area (Å²) >= 11 is 0. The SMILES string of the molecule is Cc1ccc(-c2cnn(CCc3ccccc3)c2C(F)F)cc1. The Labute approximate surface area is 134 Å². The molecule has 0 N–H and O–H groups in total. The number of hydrogen-bond donors (Lipinski definition) is 0. The molecule has 0 radical (unpaired) electrons. The molecule has 0 amide bonds. The van der Waals surface area contributed by atoms with Crippen molar-refractivity contribution in [3.8, 4) is 11.1 Å². The molecule has 3 rings (SSSR count). The van der Waals surface area contributed by atoms with E-state index in [0.29, 0.717) is 18.5 Å². The molecule has 0 saturated heterocycles. The fourth-order valence-electron chi connectivity index (χ4n) is 2.64. The lowest BCUT2D eigenvalue weighted by Gasteiger charge is -2.09. The van der Waals surface area contributed by atoms with Crippen molar-refractivity contribution in [3.05, 3.63) is 77.6 Å². The van der Waals surface area contributed by atoms with Crippen LogP contribution in [0.3, 0.4) is 0 Å². The molecule has 0 unspecified atom stereocenters. The van der Waals surface area contributed by atoms with E-state index < -0.39 is 6.43 Å². The number of alkyl halides is 2. The minimum Gasteiger partial charge on any atom is -0.263 e. The van der Waals surface area contributed by atoms with Crippen LogP contribution in [0.4, 0.5) is 8.78 Å². The average molecular weight is 312 g/mol. The Hall–Kier alpha value is -2.49. The fraction of sp³-hybridized carbons (Fsp3) is 0.211. The van der Waals surface area contributed by atoms with Crippen molar-refractivity contribution in [1.82, 2.24) is 9.78 Å². The van der Waals surface area contributed by atoms with Gasteiger partial charge >= 0.3 is 0 Å². The normalized spacial score (nSPS) is 11.1. The van der Waals surface area contributed by atoms with Crippen molar-refractivity contribution in [2.75, 3.05) is 0 Å². The Bertz CT molecular complexity index is 762. The van der Waals surface area contributed by atoms with Gasteiger partial charge in [-0.1, -0.05) is 60.2 Å². The van der Waals surface area contributed by atoms with Gasteiger partial charge in [-0.05, 0) is 24.5 Å². The lowest BCUT2D eigenvalue weighted by atomic mass is 10.0. The maximum absolute atomic E-state index is 13.6. The molecule has 118 valence electrons. The second-order valence-corrected chi connectivity index (χ2v) is 5.57. The van der Waals surface area contributed by atoms with E-state index in [4.69, 9.17) is 0 Å². The predicted molar refractivity (Wildman–Crippen MR) is 87.5 cm³/mol. The summed E-state index contributed by atoms with van der Waals surface area (Å²) in [5, 5.41) is 4.19. The molecule has 0 bridgehead atoms. The van der Waals surface area contributed by atoms with Crippen LogP contribution in [-0.2, 0) is 13.0 Å². The Morgan fingerprint density at radius 1 is 1.00 bits per heavy atom. The molecule has 0 aliphatic rings. The van der Waals surface area contributed by atoms with E-state index in [-0.39, 0.29) is 5.69 Å². The van der Waals surface area contributed by atoms with Crippen LogP contribution in [-0.4, -0.2) is 9.78 Å². The van der Waals surface area contributed by atoms with Crippen LogP contribution < -0.4 is 0 Å². The lowest BCUT2D eigenvalue weighted by molar-refractivity contribution is 0.139. The van der Waals surface area contributed by atoms with E-state index in [1.807, 2.05) is 61.5 Å². The smallest absolute Gasteiger partial charge is 0.263 e. The van der Waals surface area contributed by atoms with E-state index in [1.165, 1.54) is 10.9 Å². The molecule has 0 aliphatic carbocycles. The van der Waals surface area contributed by atoms with E-state index in [0.717, 1.165) is 16.7 Å². The standard InChI is InChI=1S/C19H18F2N2/c1-14-7-9-16(10-8-14)17-13-22-23(18(17)19(20)21)12-11-15-5-3-2-4-6-15/h2-10,13,19H,11-12H2,1H3. The maximum Gasteiger partial charge on any atom is 0.280 e. The quantitative estimate of drug-likeness (QED) is 0.645. The molecule has 1 heterocycles. The van der Waals surface area contributed by atoms with Gasteiger partial charge in [0.1, 0.15) is 5.69 Å². The molecular weight excluding hydrogens is 294 g/mol. The van der Waals surface area contributed by atoms with Gasteiger partial charge in [-0.3, -0.25) is 4.68 Å². The summed E-state index contributed by atoms with van der Waals surface area (Å²) in [6.07, 6.45) is -0.336. The topological polar surface area (TPSA) is 17.8 Å². The molecule has 0 spiro atoms. The highest BCUT2D eigenvalue weighted by Crippen LogP contribution is 2.31. The van der Waals surface area contributed by atoms with Gasteiger partial charge < -0.3 is 0 Å². The van der Waals surface area contributed by atoms with Gasteiger partial charge in [0.2, 0.25) is 0 Å². The monoisotopic (exact) mass is 312 g/mol. The Morgan fingerprint density at radius 2 is 1.70 bits per heavy atom. The first-order chi connectivity index (χ1) is 11.1. The first-order valence-electron chi connectivity index (χ1n) is 7.60. The summed E-state index contributed by atoms with van der Waals surface area (Å²) in [6, 6.07) is 17.4. The molecular formula is C19H18F2N2. The molecule has 3 aromatic rings. The summed E-state index contributed by atoms with van der Waals surface area (Å²) in [7, 11) is 0. The van der Waals surface area contributed by atoms with Crippen LogP contribution in [0.15, 0.2) is 60.8 Å². The Kier molecular flexibility index (Phi) is 4.51. The minimum absolute atomic E-state index is 0.00946. The number of hydrogen-bond acceptors (Lipinski definition) is 1. The van der Waals surface area contributed by atoms with Gasteiger partial charge in [-0.2, -0.15) is 5.10 Å². The zero-order valence-electron chi connectivity index (χ0n) is 12.9. The van der Waals surface area contributed by atoms with Gasteiger partial charge in [-0.15, -0.1) is 0 Å². The van der Waals surface area contributed by atoms with Gasteiger partial charge in [0.05, 0.1) is 6.20 Å². The van der Waals surface area contributed by atoms with Crippen molar-refractivity contribution in [2.45, 2.75) is 26.3 Å². The van der Waals surface area contributed by atoms with Crippen LogP contribution >= 0.6 is 0 Å². The van der Waals surface area contributed by atoms with Crippen molar-refractivity contribution in [1.29, 1.82) is 0 Å². The van der Waals surface area contributed by atoms with E-state index in [9.17, 15) is 8.78 Å². The van der Waals surface area contributed by atoms with Gasteiger partial charge in [0, 0.05) is 12.1 Å². The molecule has 0 saturated carbocycles. The average Bonchev–Trinajstić information content (AvgIpc) is 2.99. The number of halogens is 2. The minimum atomic E-state index is -2.55. The molecule has 0 atom stereocenters. The zero-order chi connectivity index (χ0) is 16.2. The number of rotatable bonds is 5. The van der Waals surface area contributed by atoms with Crippen LogP contribution in [0.2, 0.25) is 0 Å². The summed E-state index contributed by atoms with van der Waals surface area (Å²) in [6.45, 7) is 2.41. The lowest BCUT2D eigenvalue weighted by Crippen LogP contribution is -2.08. The first kappa shape index (κ1) is 15.4. The maximum atomic E-state index is 13.6. The molecule has 1 aromatic heterocycles. The molecule has 4 heteroatoms. The highest BCUT2D eigenvalue weighted by atomic mass is 19.3. The predicted octanol–water partition coefficient (Wildman–Crippen LogP) is 5.04. The summed E-state index contributed by atoms with van der Waals surface area (Å²) in [5.74, 6) is 0. The summed E-state index contributed by atoms with van der Waals surface area (Å²) < 4.78 is 28.5. The van der Waals surface area contributed by atoms with Crippen molar-refractivity contribution in [2.24, 2.45) is 0 Å². The summed E-state index contributed by atoms with van der Waals surface area (Å²) in [4.78, 5) is 0. The third kappa shape index (κ3) is 3.47. The largest absolute Gasteiger partial charge is 0.280 e. The molecule has 23 heavy (non-hydrogen) atoms. The van der Waals surface area contributed by atoms with Gasteiger partial charge in [0.15, 0.2) is 0 Å². The molecule has 2 aromatic carbocycles. The highest BCUT2D eigenvalue weighted by molar-refractivity contribution is 5.66. The van der Waals surface area contributed by atoms with Crippen LogP contribution in [0, 0.1) is 6.92 Å². The van der Waals surface area contributed by atoms with E-state index >= 15 is 0 Å². The Morgan fingerprint density at radius 3 is 2.35 bits per heavy atom. The second kappa shape index (κ2) is 6.73. The van der Waals surface area contributed by atoms with Gasteiger partial charge in [-0.25, -0.2) is 8.78 Å². The summed E-state index contributed by atoms with van der Waals surface area (Å²) in [5.41, 5.74) is 3.48. The van der Waals surface area contributed by atoms with Crippen molar-refractivity contribution >= 4 is 0 Å². The number of aromatic nitrogens is 2. The molecule has 0 aliphatic heterocycles. The highest BCUT2D eigenvalue weighted by Gasteiger charge is 2.20. The second-order valence-electron chi connectivity index (χ2n) is 5.57. The van der Waals surface area contributed by atoms with Crippen LogP contribution in [0.25, 0.3) is 11.1 Å². The van der Waals surface area contributed by atoms with Crippen molar-refractivity contribution < 1.29 is 8.78 Å². The third-order valence-corrected chi connectivity index (χ3v) is 3.90. The van der Waals surface area contributed by atoms with Crippen LogP contribution in [0.1, 0.15) is 23.2 Å². The Balaban J connectivity index is 1.88. The van der Waals surface area contributed by atoms with Gasteiger partial charge in [0.25, 0.3) is 6.43 Å². The molecule has 0 fully saturated rings. The van der Waals surface area contributed by atoms with E-state index in [1.54, 1.807) is 0 Å². The van der Waals surface area contributed by atoms with Crippen LogP contribution in [0.5, 0.6) is 0 Å². The first-order valence-corrected chi connectivity index (χ1v) is 7.60. The zero-order valence-corrected chi connectivity index (χ0v) is 12.9. The fourth-order valence-corrected chi connectivity index (χ4v) is 2.64. The van der Waals surface area contributed by atoms with E-state index in [2.05, 4.69) is 5.10 Å². The van der Waals surface area contributed by atoms with Crippen molar-refractivity contribution in [3.63, 3.8) is 0 Å².